The number of hydrogen-bond donors (Lipinski definition) is 0. The summed E-state index contributed by atoms with van der Waals surface area (Å²) in [4.78, 5) is 14.3. The maximum atomic E-state index is 12.6. The number of para-hydroxylation sites is 1. The maximum Gasteiger partial charge on any atom is 0.224 e. The van der Waals surface area contributed by atoms with Crippen LogP contribution in [-0.4, -0.2) is 20.1 Å². The smallest absolute Gasteiger partial charge is 0.224 e. The second-order valence-corrected chi connectivity index (χ2v) is 7.23. The van der Waals surface area contributed by atoms with Crippen LogP contribution in [0.1, 0.15) is 12.5 Å². The van der Waals surface area contributed by atoms with Crippen LogP contribution < -0.4 is 19.1 Å². The first-order valence-electron chi connectivity index (χ1n) is 9.03. The van der Waals surface area contributed by atoms with Crippen molar-refractivity contribution in [1.29, 1.82) is 0 Å². The van der Waals surface area contributed by atoms with Gasteiger partial charge in [-0.2, -0.15) is 0 Å². The summed E-state index contributed by atoms with van der Waals surface area (Å²) in [5.74, 6) is 2.53. The molecule has 0 unspecified atom stereocenters. The lowest BCUT2D eigenvalue weighted by atomic mass is 10.1. The first kappa shape index (κ1) is 20.7. The lowest BCUT2D eigenvalue weighted by molar-refractivity contribution is -0.116. The number of ether oxygens (including phenoxy) is 3. The minimum Gasteiger partial charge on any atom is -0.497 e. The van der Waals surface area contributed by atoms with Gasteiger partial charge in [-0.15, -0.1) is 0 Å². The predicted molar refractivity (Wildman–Crippen MR) is 117 cm³/mol. The molecule has 0 aromatic heterocycles. The van der Waals surface area contributed by atoms with Crippen LogP contribution in [0.5, 0.6) is 23.0 Å². The average Bonchev–Trinajstić information content (AvgIpc) is 2.73. The highest BCUT2D eigenvalue weighted by Crippen LogP contribution is 2.37. The number of carbonyl (C=O) groups excluding carboxylic acids is 1. The van der Waals surface area contributed by atoms with E-state index in [4.69, 9.17) is 14.2 Å². The summed E-state index contributed by atoms with van der Waals surface area (Å²) in [6.07, 6.45) is 0. The van der Waals surface area contributed by atoms with Crippen LogP contribution in [-0.2, 0) is 11.3 Å². The average molecular weight is 456 g/mol. The molecule has 0 atom stereocenters. The first-order chi connectivity index (χ1) is 14.0. The largest absolute Gasteiger partial charge is 0.497 e. The molecule has 1 amide bonds. The monoisotopic (exact) mass is 455 g/mol. The molecule has 0 heterocycles. The van der Waals surface area contributed by atoms with Crippen molar-refractivity contribution in [3.8, 4) is 23.0 Å². The molecule has 29 heavy (non-hydrogen) atoms. The molecule has 0 radical (unpaired) electrons. The summed E-state index contributed by atoms with van der Waals surface area (Å²) in [7, 11) is 3.21. The fourth-order valence-electron chi connectivity index (χ4n) is 2.95. The normalized spacial score (nSPS) is 10.3. The molecule has 0 aliphatic heterocycles. The summed E-state index contributed by atoms with van der Waals surface area (Å²) < 4.78 is 17.7. The highest BCUT2D eigenvalue weighted by atomic mass is 79.9. The van der Waals surface area contributed by atoms with Crippen molar-refractivity contribution >= 4 is 27.5 Å². The lowest BCUT2D eigenvalue weighted by Gasteiger charge is -2.25. The minimum absolute atomic E-state index is 0.120. The van der Waals surface area contributed by atoms with Gasteiger partial charge < -0.3 is 19.1 Å². The van der Waals surface area contributed by atoms with Crippen molar-refractivity contribution in [2.75, 3.05) is 19.1 Å². The van der Waals surface area contributed by atoms with E-state index < -0.39 is 0 Å². The summed E-state index contributed by atoms with van der Waals surface area (Å²) in [5.41, 5.74) is 1.48. The lowest BCUT2D eigenvalue weighted by Crippen LogP contribution is -2.28. The Morgan fingerprint density at radius 3 is 2.28 bits per heavy atom. The Labute approximate surface area is 178 Å². The van der Waals surface area contributed by atoms with Crippen molar-refractivity contribution in [3.05, 3.63) is 76.8 Å². The van der Waals surface area contributed by atoms with E-state index >= 15 is 0 Å². The highest BCUT2D eigenvalue weighted by Gasteiger charge is 2.20. The van der Waals surface area contributed by atoms with E-state index in [0.29, 0.717) is 35.2 Å². The van der Waals surface area contributed by atoms with Gasteiger partial charge in [-0.05, 0) is 48.5 Å². The number of benzene rings is 3. The van der Waals surface area contributed by atoms with Gasteiger partial charge in [0.1, 0.15) is 17.2 Å². The van der Waals surface area contributed by atoms with Gasteiger partial charge in [0.05, 0.1) is 26.5 Å². The number of hydrogen-bond acceptors (Lipinski definition) is 4. The topological polar surface area (TPSA) is 48.0 Å². The summed E-state index contributed by atoms with van der Waals surface area (Å²) >= 11 is 3.50. The predicted octanol–water partition coefficient (Wildman–Crippen LogP) is 5.81. The molecule has 6 heteroatoms. The molecule has 0 aliphatic carbocycles. The van der Waals surface area contributed by atoms with Crippen molar-refractivity contribution in [2.24, 2.45) is 0 Å². The Hall–Kier alpha value is -2.99. The Balaban J connectivity index is 2.02. The Morgan fingerprint density at radius 2 is 1.62 bits per heavy atom. The molecule has 0 spiro atoms. The molecule has 3 aromatic rings. The van der Waals surface area contributed by atoms with Crippen LogP contribution in [0.15, 0.2) is 71.2 Å². The molecular formula is C23H22BrNO4. The van der Waals surface area contributed by atoms with Crippen molar-refractivity contribution in [2.45, 2.75) is 13.5 Å². The second kappa shape index (κ2) is 9.47. The zero-order chi connectivity index (χ0) is 20.8. The molecule has 0 saturated heterocycles. The van der Waals surface area contributed by atoms with E-state index in [1.165, 1.54) is 6.92 Å². The van der Waals surface area contributed by atoms with Gasteiger partial charge in [-0.25, -0.2) is 0 Å². The quantitative estimate of drug-likeness (QED) is 0.450. The van der Waals surface area contributed by atoms with Crippen molar-refractivity contribution < 1.29 is 19.0 Å². The third-order valence-electron chi connectivity index (χ3n) is 4.38. The van der Waals surface area contributed by atoms with Crippen LogP contribution in [0.25, 0.3) is 0 Å². The van der Waals surface area contributed by atoms with Gasteiger partial charge >= 0.3 is 0 Å². The molecule has 0 aliphatic rings. The molecule has 3 aromatic carbocycles. The number of methoxy groups -OCH3 is 2. The highest BCUT2D eigenvalue weighted by molar-refractivity contribution is 9.10. The third-order valence-corrected chi connectivity index (χ3v) is 4.87. The molecule has 0 fully saturated rings. The molecular weight excluding hydrogens is 434 g/mol. The Bertz CT molecular complexity index is 991. The van der Waals surface area contributed by atoms with Gasteiger partial charge in [-0.1, -0.05) is 34.1 Å². The van der Waals surface area contributed by atoms with Gasteiger partial charge in [-0.3, -0.25) is 4.79 Å². The summed E-state index contributed by atoms with van der Waals surface area (Å²) in [5, 5.41) is 0. The van der Waals surface area contributed by atoms with E-state index in [-0.39, 0.29) is 5.91 Å². The zero-order valence-corrected chi connectivity index (χ0v) is 18.1. The first-order valence-corrected chi connectivity index (χ1v) is 9.82. The van der Waals surface area contributed by atoms with Crippen LogP contribution in [0.4, 0.5) is 5.69 Å². The number of halogens is 1. The third kappa shape index (κ3) is 5.09. The minimum atomic E-state index is -0.120. The molecule has 0 saturated carbocycles. The number of nitrogens with zero attached hydrogens (tertiary/aromatic N) is 1. The Kier molecular flexibility index (Phi) is 6.77. The van der Waals surface area contributed by atoms with E-state index in [0.717, 1.165) is 10.0 Å². The van der Waals surface area contributed by atoms with E-state index in [9.17, 15) is 4.79 Å². The zero-order valence-electron chi connectivity index (χ0n) is 16.5. The number of carbonyl (C=O) groups is 1. The van der Waals surface area contributed by atoms with Gasteiger partial charge in [0, 0.05) is 17.0 Å². The molecule has 3 rings (SSSR count). The Morgan fingerprint density at radius 1 is 0.897 bits per heavy atom. The fraction of sp³-hybridized carbons (Fsp3) is 0.174. The summed E-state index contributed by atoms with van der Waals surface area (Å²) in [6, 6.07) is 20.6. The SMILES string of the molecule is COc1ccc(OC)c(CN(C(C)=O)c2cc(Br)ccc2Oc2ccccc2)c1. The van der Waals surface area contributed by atoms with E-state index in [2.05, 4.69) is 15.9 Å². The van der Waals surface area contributed by atoms with E-state index in [1.54, 1.807) is 19.1 Å². The summed E-state index contributed by atoms with van der Waals surface area (Å²) in [6.45, 7) is 1.83. The standard InChI is InChI=1S/C23H22BrNO4/c1-16(26)25(15-17-13-20(27-2)10-12-22(17)28-3)21-14-18(24)9-11-23(21)29-19-7-5-4-6-8-19/h4-14H,15H2,1-3H3. The molecule has 0 bridgehead atoms. The number of anilines is 1. The van der Waals surface area contributed by atoms with Crippen molar-refractivity contribution in [3.63, 3.8) is 0 Å². The second-order valence-electron chi connectivity index (χ2n) is 6.31. The van der Waals surface area contributed by atoms with Gasteiger partial charge in [0.2, 0.25) is 5.91 Å². The maximum absolute atomic E-state index is 12.6. The van der Waals surface area contributed by atoms with Crippen molar-refractivity contribution in [1.82, 2.24) is 0 Å². The van der Waals surface area contributed by atoms with Crippen LogP contribution in [0.3, 0.4) is 0 Å². The van der Waals surface area contributed by atoms with E-state index in [1.807, 2.05) is 66.7 Å². The van der Waals surface area contributed by atoms with Gasteiger partial charge in [0.15, 0.2) is 5.75 Å². The van der Waals surface area contributed by atoms with Crippen LogP contribution in [0, 0.1) is 0 Å². The van der Waals surface area contributed by atoms with Gasteiger partial charge in [0.25, 0.3) is 0 Å². The number of rotatable bonds is 7. The van der Waals surface area contributed by atoms with Crippen LogP contribution >= 0.6 is 15.9 Å². The fourth-order valence-corrected chi connectivity index (χ4v) is 3.29. The number of amides is 1. The molecule has 5 nitrogen and oxygen atoms in total. The van der Waals surface area contributed by atoms with Crippen LogP contribution in [0.2, 0.25) is 0 Å². The molecule has 0 N–H and O–H groups in total. The molecule has 150 valence electrons.